The summed E-state index contributed by atoms with van der Waals surface area (Å²) in [5.41, 5.74) is 5.17. The van der Waals surface area contributed by atoms with Crippen molar-refractivity contribution in [3.8, 4) is 11.9 Å². The van der Waals surface area contributed by atoms with Crippen molar-refractivity contribution in [3.63, 3.8) is 0 Å². The lowest BCUT2D eigenvalue weighted by Crippen LogP contribution is -2.49. The van der Waals surface area contributed by atoms with Gasteiger partial charge in [0.2, 0.25) is 11.8 Å². The summed E-state index contributed by atoms with van der Waals surface area (Å²) in [4.78, 5) is 25.7. The van der Waals surface area contributed by atoms with E-state index < -0.39 is 0 Å². The van der Waals surface area contributed by atoms with E-state index >= 15 is 0 Å². The number of amides is 1. The highest BCUT2D eigenvalue weighted by molar-refractivity contribution is 6.35. The van der Waals surface area contributed by atoms with Gasteiger partial charge >= 0.3 is 0 Å². The van der Waals surface area contributed by atoms with Gasteiger partial charge in [-0.05, 0) is 51.1 Å². The van der Waals surface area contributed by atoms with Gasteiger partial charge in [0, 0.05) is 49.7 Å². The maximum atomic E-state index is 12.2. The molecule has 3 aliphatic heterocycles. The molecule has 1 N–H and O–H groups in total. The van der Waals surface area contributed by atoms with Crippen LogP contribution in [0.1, 0.15) is 29.7 Å². The first-order valence-electron chi connectivity index (χ1n) is 13.8. The number of carbonyl (C=O) groups excluding carboxylic acids is 1. The van der Waals surface area contributed by atoms with Crippen molar-refractivity contribution in [2.75, 3.05) is 62.7 Å². The minimum absolute atomic E-state index is 0.0671. The molecule has 5 heterocycles. The number of rotatable bonds is 6. The average molecular weight is 561 g/mol. The molecule has 1 amide bonds. The largest absolute Gasteiger partial charge is 0.475 e. The molecule has 1 unspecified atom stereocenters. The number of halogens is 1. The van der Waals surface area contributed by atoms with Gasteiger partial charge in [-0.1, -0.05) is 18.2 Å². The molecular weight excluding hydrogens is 528 g/mol. The van der Waals surface area contributed by atoms with Crippen molar-refractivity contribution in [1.82, 2.24) is 25.0 Å². The Hall–Kier alpha value is -3.81. The lowest BCUT2D eigenvalue weighted by atomic mass is 9.97. The van der Waals surface area contributed by atoms with Gasteiger partial charge in [-0.2, -0.15) is 10.4 Å². The third-order valence-electron chi connectivity index (χ3n) is 8.43. The number of carbonyl (C=O) groups is 1. The van der Waals surface area contributed by atoms with Crippen LogP contribution >= 0.6 is 11.6 Å². The number of ether oxygens (including phenoxy) is 1. The highest BCUT2D eigenvalue weighted by Gasteiger charge is 2.32. The first-order valence-corrected chi connectivity index (χ1v) is 14.2. The number of fused-ring (bicyclic) bond motifs is 2. The molecule has 0 aliphatic carbocycles. The Morgan fingerprint density at radius 3 is 2.77 bits per heavy atom. The van der Waals surface area contributed by atoms with E-state index in [1.165, 1.54) is 6.08 Å². The number of piperazine rings is 1. The number of aromatic amines is 1. The summed E-state index contributed by atoms with van der Waals surface area (Å²) < 4.78 is 6.34. The number of anilines is 2. The van der Waals surface area contributed by atoms with Gasteiger partial charge in [0.15, 0.2) is 0 Å². The minimum Gasteiger partial charge on any atom is -0.475 e. The Bertz CT molecular complexity index is 1490. The summed E-state index contributed by atoms with van der Waals surface area (Å²) in [6.45, 7) is 8.80. The van der Waals surface area contributed by atoms with E-state index in [9.17, 15) is 10.1 Å². The van der Waals surface area contributed by atoms with Crippen molar-refractivity contribution in [3.05, 3.63) is 52.8 Å². The summed E-state index contributed by atoms with van der Waals surface area (Å²) in [6, 6.07) is 6.56. The zero-order valence-corrected chi connectivity index (χ0v) is 23.5. The van der Waals surface area contributed by atoms with E-state index in [0.717, 1.165) is 59.5 Å². The van der Waals surface area contributed by atoms with Crippen LogP contribution in [0.5, 0.6) is 5.88 Å². The summed E-state index contributed by atoms with van der Waals surface area (Å²) in [6.07, 6.45) is 6.07. The smallest absolute Gasteiger partial charge is 0.246 e. The molecular formula is C29H33ClN8O2. The molecule has 1 aromatic carbocycles. The van der Waals surface area contributed by atoms with Crippen LogP contribution in [-0.2, 0) is 17.8 Å². The Labute approximate surface area is 238 Å². The maximum absolute atomic E-state index is 12.2. The standard InChI is InChI=1S/C29H33ClN8O2/c1-3-26(39)36-11-13-37(14-12-36)27-20-8-10-38(28-22-16-32-34-24(22)7-6-23(28)30)17-25(20)33-29(21(27)15-31)40-18-19-5-4-9-35(19)2/h3,6-7,16,19H,1,4-5,8-14,17-18H2,2H3,(H,32,34). The van der Waals surface area contributed by atoms with Crippen molar-refractivity contribution in [2.45, 2.75) is 31.8 Å². The normalized spacial score (nSPS) is 19.5. The van der Waals surface area contributed by atoms with Gasteiger partial charge in [0.05, 0.1) is 40.3 Å². The zero-order valence-electron chi connectivity index (χ0n) is 22.7. The first-order chi connectivity index (χ1) is 19.5. The van der Waals surface area contributed by atoms with Gasteiger partial charge in [0.25, 0.3) is 0 Å². The summed E-state index contributed by atoms with van der Waals surface area (Å²) in [5.74, 6) is 0.318. The molecule has 208 valence electrons. The van der Waals surface area contributed by atoms with Gasteiger partial charge in [-0.3, -0.25) is 9.89 Å². The number of aromatic nitrogens is 3. The molecule has 0 bridgehead atoms. The van der Waals surface area contributed by atoms with E-state index in [1.807, 2.05) is 12.1 Å². The molecule has 11 heteroatoms. The molecule has 0 radical (unpaired) electrons. The van der Waals surface area contributed by atoms with Crippen LogP contribution in [0.4, 0.5) is 11.4 Å². The molecule has 2 saturated heterocycles. The second-order valence-corrected chi connectivity index (χ2v) is 11.1. The summed E-state index contributed by atoms with van der Waals surface area (Å²) in [5, 5.41) is 19.3. The summed E-state index contributed by atoms with van der Waals surface area (Å²) in [7, 11) is 2.11. The number of nitrogens with zero attached hydrogens (tertiary/aromatic N) is 7. The van der Waals surface area contributed by atoms with Crippen molar-refractivity contribution < 1.29 is 9.53 Å². The topological polar surface area (TPSA) is 105 Å². The van der Waals surface area contributed by atoms with E-state index in [-0.39, 0.29) is 5.91 Å². The number of H-pyrrole nitrogens is 1. The fraction of sp³-hybridized carbons (Fsp3) is 0.448. The van der Waals surface area contributed by atoms with E-state index in [4.69, 9.17) is 21.3 Å². The van der Waals surface area contributed by atoms with Crippen LogP contribution < -0.4 is 14.5 Å². The molecule has 1 atom stereocenters. The van der Waals surface area contributed by atoms with Crippen LogP contribution in [0, 0.1) is 11.3 Å². The van der Waals surface area contributed by atoms with Crippen molar-refractivity contribution in [2.24, 2.45) is 0 Å². The lowest BCUT2D eigenvalue weighted by molar-refractivity contribution is -0.126. The molecule has 3 aromatic rings. The number of hydrogen-bond donors (Lipinski definition) is 1. The van der Waals surface area contributed by atoms with Crippen molar-refractivity contribution >= 4 is 39.8 Å². The number of benzene rings is 1. The van der Waals surface area contributed by atoms with Gasteiger partial charge in [-0.15, -0.1) is 0 Å². The van der Waals surface area contributed by atoms with E-state index in [1.54, 1.807) is 11.1 Å². The van der Waals surface area contributed by atoms with Crippen molar-refractivity contribution in [1.29, 1.82) is 5.26 Å². The second-order valence-electron chi connectivity index (χ2n) is 10.7. The van der Waals surface area contributed by atoms with Crippen LogP contribution in [-0.4, -0.2) is 89.9 Å². The third kappa shape index (κ3) is 4.73. The maximum Gasteiger partial charge on any atom is 0.246 e. The molecule has 2 fully saturated rings. The fourth-order valence-electron chi connectivity index (χ4n) is 6.22. The Kier molecular flexibility index (Phi) is 7.26. The predicted octanol–water partition coefficient (Wildman–Crippen LogP) is 3.35. The predicted molar refractivity (Wildman–Crippen MR) is 155 cm³/mol. The quantitative estimate of drug-likeness (QED) is 0.458. The molecule has 0 spiro atoms. The Morgan fingerprint density at radius 2 is 2.05 bits per heavy atom. The van der Waals surface area contributed by atoms with Crippen LogP contribution in [0.15, 0.2) is 31.0 Å². The number of hydrogen-bond acceptors (Lipinski definition) is 8. The van der Waals surface area contributed by atoms with Crippen LogP contribution in [0.2, 0.25) is 5.02 Å². The highest BCUT2D eigenvalue weighted by atomic mass is 35.5. The zero-order chi connectivity index (χ0) is 27.8. The number of pyridine rings is 1. The molecule has 6 rings (SSSR count). The second kappa shape index (κ2) is 11.0. The SMILES string of the molecule is C=CC(=O)N1CCN(c2c(C#N)c(OCC3CCCN3C)nc3c2CCN(c2c(Cl)ccc4[nH]ncc24)C3)CC1. The average Bonchev–Trinajstić information content (AvgIpc) is 3.63. The fourth-order valence-corrected chi connectivity index (χ4v) is 6.51. The number of likely N-dealkylation sites (N-methyl/N-ethyl adjacent to an activating group) is 1. The highest BCUT2D eigenvalue weighted by Crippen LogP contribution is 2.41. The monoisotopic (exact) mass is 560 g/mol. The van der Waals surface area contributed by atoms with Crippen LogP contribution in [0.25, 0.3) is 10.9 Å². The van der Waals surface area contributed by atoms with E-state index in [0.29, 0.717) is 68.3 Å². The van der Waals surface area contributed by atoms with Gasteiger partial charge < -0.3 is 24.3 Å². The lowest BCUT2D eigenvalue weighted by Gasteiger charge is -2.39. The third-order valence-corrected chi connectivity index (χ3v) is 8.74. The number of nitrogens with one attached hydrogen (secondary N) is 1. The minimum atomic E-state index is -0.0671. The molecule has 10 nitrogen and oxygen atoms in total. The summed E-state index contributed by atoms with van der Waals surface area (Å²) >= 11 is 6.72. The van der Waals surface area contributed by atoms with E-state index in [2.05, 4.69) is 44.6 Å². The van der Waals surface area contributed by atoms with Gasteiger partial charge in [0.1, 0.15) is 18.2 Å². The Balaban J connectivity index is 1.37. The molecule has 3 aliphatic rings. The van der Waals surface area contributed by atoms with Crippen LogP contribution in [0.3, 0.4) is 0 Å². The first kappa shape index (κ1) is 26.4. The molecule has 40 heavy (non-hydrogen) atoms. The molecule has 0 saturated carbocycles. The van der Waals surface area contributed by atoms with Gasteiger partial charge in [-0.25, -0.2) is 4.98 Å². The molecule has 2 aromatic heterocycles. The number of likely N-dealkylation sites (tertiary alicyclic amines) is 1. The number of nitriles is 1. The Morgan fingerprint density at radius 1 is 1.23 bits per heavy atom.